The normalized spacial score (nSPS) is 12.4. The predicted molar refractivity (Wildman–Crippen MR) is 98.8 cm³/mol. The molecule has 0 radical (unpaired) electrons. The Kier molecular flexibility index (Phi) is 4.99. The van der Waals surface area contributed by atoms with Crippen molar-refractivity contribution in [3.8, 4) is 11.4 Å². The fourth-order valence-electron chi connectivity index (χ4n) is 2.43. The van der Waals surface area contributed by atoms with Crippen molar-refractivity contribution in [1.29, 1.82) is 0 Å². The van der Waals surface area contributed by atoms with E-state index in [2.05, 4.69) is 29.3 Å². The molecule has 0 aliphatic rings. The van der Waals surface area contributed by atoms with Crippen molar-refractivity contribution in [3.05, 3.63) is 57.6 Å². The molecule has 5 nitrogen and oxygen atoms in total. The predicted octanol–water partition coefficient (Wildman–Crippen LogP) is 4.72. The van der Waals surface area contributed by atoms with E-state index in [9.17, 15) is 4.79 Å². The Morgan fingerprint density at radius 1 is 1.24 bits per heavy atom. The molecule has 3 rings (SSSR count). The van der Waals surface area contributed by atoms with Gasteiger partial charge in [-0.2, -0.15) is 4.98 Å². The van der Waals surface area contributed by atoms with Crippen molar-refractivity contribution >= 4 is 17.2 Å². The second kappa shape index (κ2) is 7.19. The average Bonchev–Trinajstić information content (AvgIpc) is 3.24. The largest absolute Gasteiger partial charge is 0.340 e. The van der Waals surface area contributed by atoms with Gasteiger partial charge in [-0.3, -0.25) is 4.79 Å². The van der Waals surface area contributed by atoms with Crippen LogP contribution in [-0.2, 0) is 0 Å². The van der Waals surface area contributed by atoms with Gasteiger partial charge in [-0.1, -0.05) is 42.8 Å². The lowest BCUT2D eigenvalue weighted by atomic mass is 10.1. The summed E-state index contributed by atoms with van der Waals surface area (Å²) in [5, 5.41) is 8.81. The van der Waals surface area contributed by atoms with Crippen LogP contribution in [0.4, 0.5) is 0 Å². The quantitative estimate of drug-likeness (QED) is 0.719. The Bertz CT molecular complexity index is 882. The third kappa shape index (κ3) is 3.96. The van der Waals surface area contributed by atoms with E-state index < -0.39 is 0 Å². The molecule has 0 aliphatic heterocycles. The Balaban J connectivity index is 1.71. The number of amides is 1. The van der Waals surface area contributed by atoms with Gasteiger partial charge in [0.05, 0.1) is 5.56 Å². The van der Waals surface area contributed by atoms with E-state index in [0.29, 0.717) is 23.2 Å². The maximum atomic E-state index is 12.4. The summed E-state index contributed by atoms with van der Waals surface area (Å²) in [6, 6.07) is 9.47. The molecular formula is C19H21N3O2S. The van der Waals surface area contributed by atoms with Gasteiger partial charge in [-0.25, -0.2) is 0 Å². The van der Waals surface area contributed by atoms with Crippen molar-refractivity contribution in [2.24, 2.45) is 0 Å². The van der Waals surface area contributed by atoms with Gasteiger partial charge in [-0.15, -0.1) is 11.3 Å². The summed E-state index contributed by atoms with van der Waals surface area (Å²) in [6.45, 7) is 8.07. The molecule has 130 valence electrons. The van der Waals surface area contributed by atoms with Crippen molar-refractivity contribution in [3.63, 3.8) is 0 Å². The Morgan fingerprint density at radius 2 is 2.04 bits per heavy atom. The summed E-state index contributed by atoms with van der Waals surface area (Å²) in [5.74, 6) is 1.20. The fraction of sp³-hybridized carbons (Fsp3) is 0.316. The van der Waals surface area contributed by atoms with E-state index in [1.807, 2.05) is 49.6 Å². The van der Waals surface area contributed by atoms with E-state index in [4.69, 9.17) is 4.52 Å². The van der Waals surface area contributed by atoms with Gasteiger partial charge in [0.25, 0.3) is 5.91 Å². The molecular weight excluding hydrogens is 334 g/mol. The Labute approximate surface area is 151 Å². The number of rotatable bonds is 5. The number of nitrogens with one attached hydrogen (secondary N) is 1. The summed E-state index contributed by atoms with van der Waals surface area (Å²) in [7, 11) is 0. The number of hydrogen-bond donors (Lipinski definition) is 1. The lowest BCUT2D eigenvalue weighted by molar-refractivity contribution is 0.0933. The third-order valence-corrected chi connectivity index (χ3v) is 5.12. The van der Waals surface area contributed by atoms with Crippen LogP contribution in [0.1, 0.15) is 59.4 Å². The van der Waals surface area contributed by atoms with Crippen molar-refractivity contribution in [1.82, 2.24) is 15.5 Å². The first kappa shape index (κ1) is 17.4. The SMILES string of the molecule is Cc1cccc(-c2noc([C@H](C)NC(=O)c3csc(C(C)C)c3)n2)c1. The fourth-order valence-corrected chi connectivity index (χ4v) is 3.33. The minimum atomic E-state index is -0.360. The molecule has 2 heterocycles. The van der Waals surface area contributed by atoms with Crippen LogP contribution >= 0.6 is 11.3 Å². The number of aromatic nitrogens is 2. The number of carbonyl (C=O) groups excluding carboxylic acids is 1. The van der Waals surface area contributed by atoms with E-state index in [-0.39, 0.29) is 11.9 Å². The standard InChI is InChI=1S/C19H21N3O2S/c1-11(2)16-9-15(10-25-16)18(23)20-13(4)19-21-17(22-24-19)14-7-5-6-12(3)8-14/h5-11,13H,1-4H3,(H,20,23)/t13-/m0/s1. The van der Waals surface area contributed by atoms with Gasteiger partial charge < -0.3 is 9.84 Å². The number of aryl methyl sites for hydroxylation is 1. The number of carbonyl (C=O) groups is 1. The lowest BCUT2D eigenvalue weighted by Crippen LogP contribution is -2.26. The van der Waals surface area contributed by atoms with Gasteiger partial charge >= 0.3 is 0 Å². The number of nitrogens with zero attached hydrogens (tertiary/aromatic N) is 2. The number of hydrogen-bond acceptors (Lipinski definition) is 5. The van der Waals surface area contributed by atoms with Crippen LogP contribution < -0.4 is 5.32 Å². The second-order valence-electron chi connectivity index (χ2n) is 6.41. The minimum Gasteiger partial charge on any atom is -0.340 e. The van der Waals surface area contributed by atoms with Crippen LogP contribution in [0.15, 0.2) is 40.2 Å². The summed E-state index contributed by atoms with van der Waals surface area (Å²) < 4.78 is 5.33. The van der Waals surface area contributed by atoms with Gasteiger partial charge in [-0.05, 0) is 31.9 Å². The lowest BCUT2D eigenvalue weighted by Gasteiger charge is -2.08. The zero-order valence-corrected chi connectivity index (χ0v) is 15.6. The highest BCUT2D eigenvalue weighted by Gasteiger charge is 2.19. The molecule has 0 spiro atoms. The molecule has 1 aromatic carbocycles. The van der Waals surface area contributed by atoms with E-state index >= 15 is 0 Å². The van der Waals surface area contributed by atoms with Crippen LogP contribution in [0.25, 0.3) is 11.4 Å². The first-order valence-corrected chi connectivity index (χ1v) is 9.12. The molecule has 0 unspecified atom stereocenters. The monoisotopic (exact) mass is 355 g/mol. The first-order valence-electron chi connectivity index (χ1n) is 8.24. The molecule has 0 fully saturated rings. The van der Waals surface area contributed by atoms with Crippen molar-refractivity contribution < 1.29 is 9.32 Å². The molecule has 3 aromatic rings. The number of benzene rings is 1. The van der Waals surface area contributed by atoms with Crippen LogP contribution in [0, 0.1) is 6.92 Å². The van der Waals surface area contributed by atoms with Crippen LogP contribution in [0.5, 0.6) is 0 Å². The third-order valence-electron chi connectivity index (χ3n) is 3.89. The van der Waals surface area contributed by atoms with E-state index in [1.165, 1.54) is 4.88 Å². The average molecular weight is 355 g/mol. The van der Waals surface area contributed by atoms with E-state index in [0.717, 1.165) is 11.1 Å². The highest BCUT2D eigenvalue weighted by atomic mass is 32.1. The zero-order valence-electron chi connectivity index (χ0n) is 14.7. The van der Waals surface area contributed by atoms with Gasteiger partial charge in [0.1, 0.15) is 6.04 Å². The topological polar surface area (TPSA) is 68.0 Å². The maximum absolute atomic E-state index is 12.4. The molecule has 0 saturated carbocycles. The molecule has 0 aliphatic carbocycles. The zero-order chi connectivity index (χ0) is 18.0. The summed E-state index contributed by atoms with van der Waals surface area (Å²) in [4.78, 5) is 18.0. The summed E-state index contributed by atoms with van der Waals surface area (Å²) in [6.07, 6.45) is 0. The van der Waals surface area contributed by atoms with Crippen LogP contribution in [0.3, 0.4) is 0 Å². The number of thiophene rings is 1. The highest BCUT2D eigenvalue weighted by Crippen LogP contribution is 2.24. The molecule has 1 amide bonds. The van der Waals surface area contributed by atoms with E-state index in [1.54, 1.807) is 11.3 Å². The molecule has 1 N–H and O–H groups in total. The molecule has 0 bridgehead atoms. The maximum Gasteiger partial charge on any atom is 0.252 e. The summed E-state index contributed by atoms with van der Waals surface area (Å²) >= 11 is 1.60. The van der Waals surface area contributed by atoms with Gasteiger partial charge in [0, 0.05) is 15.8 Å². The molecule has 1 atom stereocenters. The Hall–Kier alpha value is -2.47. The van der Waals surface area contributed by atoms with Crippen LogP contribution in [-0.4, -0.2) is 16.0 Å². The summed E-state index contributed by atoms with van der Waals surface area (Å²) in [5.41, 5.74) is 2.69. The highest BCUT2D eigenvalue weighted by molar-refractivity contribution is 7.10. The van der Waals surface area contributed by atoms with Crippen molar-refractivity contribution in [2.45, 2.75) is 39.7 Å². The van der Waals surface area contributed by atoms with Crippen molar-refractivity contribution in [2.75, 3.05) is 0 Å². The second-order valence-corrected chi connectivity index (χ2v) is 7.36. The molecule has 25 heavy (non-hydrogen) atoms. The van der Waals surface area contributed by atoms with Gasteiger partial charge in [0.15, 0.2) is 0 Å². The Morgan fingerprint density at radius 3 is 2.72 bits per heavy atom. The van der Waals surface area contributed by atoms with Gasteiger partial charge in [0.2, 0.25) is 11.7 Å². The molecule has 2 aromatic heterocycles. The smallest absolute Gasteiger partial charge is 0.252 e. The molecule has 6 heteroatoms. The first-order chi connectivity index (χ1) is 11.9. The van der Waals surface area contributed by atoms with Crippen LogP contribution in [0.2, 0.25) is 0 Å². The minimum absolute atomic E-state index is 0.133. The molecule has 0 saturated heterocycles.